The molecular formula is C65H89ClN10O13. The van der Waals surface area contributed by atoms with Gasteiger partial charge in [-0.05, 0) is 117 Å². The molecule has 0 fully saturated rings. The van der Waals surface area contributed by atoms with Gasteiger partial charge in [-0.25, -0.2) is 19.4 Å². The van der Waals surface area contributed by atoms with Crippen molar-refractivity contribution in [1.29, 1.82) is 0 Å². The SMILES string of the molecule is Cc1ccc(C(=O)N(CCCNC(=O)OCc2ccc(NC(=O)[C@@H](CCCNC(N)=O)NC(=O)[C@H](NC(=O)CCNC(=O)OCC(OC(C)C)OC(CO)CC(C)(C)C)C(C)C)cc2)[C@@H](c2nc3cc(Cl)ccc3c(=O)n2Cc2ccccc2)C(C)C)cc1. The van der Waals surface area contributed by atoms with Crippen LogP contribution in [0.5, 0.6) is 0 Å². The first-order chi connectivity index (χ1) is 42.2. The van der Waals surface area contributed by atoms with E-state index in [2.05, 4.69) is 31.9 Å². The summed E-state index contributed by atoms with van der Waals surface area (Å²) in [5.74, 6) is -2.37. The zero-order valence-corrected chi connectivity index (χ0v) is 53.4. The largest absolute Gasteiger partial charge is 0.445 e. The molecule has 5 rings (SSSR count). The van der Waals surface area contributed by atoms with Crippen molar-refractivity contribution in [2.24, 2.45) is 23.0 Å². The highest BCUT2D eigenvalue weighted by Gasteiger charge is 2.34. The van der Waals surface area contributed by atoms with Gasteiger partial charge in [-0.15, -0.1) is 0 Å². The summed E-state index contributed by atoms with van der Waals surface area (Å²) >= 11 is 6.43. The minimum atomic E-state index is -1.13. The molecule has 89 heavy (non-hydrogen) atoms. The van der Waals surface area contributed by atoms with E-state index in [4.69, 9.17) is 41.3 Å². The number of aliphatic hydroxyl groups excluding tert-OH is 1. The number of halogens is 1. The number of carbonyl (C=O) groups excluding carboxylic acids is 7. The number of benzene rings is 4. The highest BCUT2D eigenvalue weighted by Crippen LogP contribution is 2.31. The van der Waals surface area contributed by atoms with Gasteiger partial charge in [0.1, 0.15) is 31.1 Å². The van der Waals surface area contributed by atoms with E-state index in [1.807, 2.05) is 84.0 Å². The summed E-state index contributed by atoms with van der Waals surface area (Å²) in [6.45, 7) is 18.7. The Kier molecular flexibility index (Phi) is 28.3. The van der Waals surface area contributed by atoms with E-state index in [1.165, 1.54) is 0 Å². The summed E-state index contributed by atoms with van der Waals surface area (Å²) in [6.07, 6.45) is -2.39. The van der Waals surface area contributed by atoms with Crippen LogP contribution >= 0.6 is 11.6 Å². The maximum atomic E-state index is 14.7. The lowest BCUT2D eigenvalue weighted by atomic mass is 9.89. The van der Waals surface area contributed by atoms with Crippen molar-refractivity contribution in [2.45, 2.75) is 151 Å². The molecule has 2 unspecified atom stereocenters. The molecule has 0 aliphatic heterocycles. The second kappa shape index (κ2) is 35.2. The lowest BCUT2D eigenvalue weighted by Crippen LogP contribution is -2.54. The van der Waals surface area contributed by atoms with Crippen molar-refractivity contribution < 1.29 is 57.6 Å². The number of aliphatic hydroxyl groups is 1. The zero-order valence-electron chi connectivity index (χ0n) is 52.7. The average Bonchev–Trinajstić information content (AvgIpc) is 0.894. The van der Waals surface area contributed by atoms with Crippen LogP contribution < -0.4 is 43.2 Å². The molecule has 24 heteroatoms. The molecule has 0 aliphatic rings. The van der Waals surface area contributed by atoms with Gasteiger partial charge in [0.2, 0.25) is 17.7 Å². The monoisotopic (exact) mass is 1250 g/mol. The van der Waals surface area contributed by atoms with Crippen LogP contribution in [0.2, 0.25) is 5.02 Å². The standard InChI is InChI=1S/C65H89ClN10O13/c1-40(2)55(74-53(78)29-32-70-64(85)87-39-54(88-42(5)6)89-49(37-77)35-65(8,9)10)59(80)73-51(18-14-30-68-62(67)83)58(79)71-48-26-21-45(22-27-48)38-86-63(84)69-31-15-33-75(60(81)46-23-19-43(7)20-24-46)56(41(3)4)57-72-52-34-47(66)25-28-50(52)61(82)76(57)36-44-16-12-11-13-17-44/h11-13,16-17,19-28,34,40-42,49,51,54-56,77H,14-15,18,29-33,35-39H2,1-10H3,(H,69,84)(H,70,85)(H,71,79)(H,73,80)(H,74,78)(H3,67,68,83)/t49?,51-,54?,55-,56-/m1/s1. The van der Waals surface area contributed by atoms with Gasteiger partial charge in [-0.2, -0.15) is 0 Å². The predicted octanol–water partition coefficient (Wildman–Crippen LogP) is 8.26. The summed E-state index contributed by atoms with van der Waals surface area (Å²) in [5, 5.41) is 26.6. The smallest absolute Gasteiger partial charge is 0.407 e. The third-order valence-electron chi connectivity index (χ3n) is 14.0. The van der Waals surface area contributed by atoms with Crippen molar-refractivity contribution in [2.75, 3.05) is 44.7 Å². The van der Waals surface area contributed by atoms with Crippen LogP contribution in [0, 0.1) is 24.2 Å². The highest BCUT2D eigenvalue weighted by atomic mass is 35.5. The normalized spacial score (nSPS) is 13.2. The third kappa shape index (κ3) is 24.1. The number of alkyl carbamates (subject to hydrolysis) is 2. The molecule has 0 aliphatic carbocycles. The first-order valence-corrected chi connectivity index (χ1v) is 30.5. The Balaban J connectivity index is 1.17. The molecule has 0 saturated carbocycles. The number of urea groups is 1. The fourth-order valence-electron chi connectivity index (χ4n) is 9.70. The molecule has 5 atom stereocenters. The molecule has 4 aromatic carbocycles. The molecule has 9 N–H and O–H groups in total. The van der Waals surface area contributed by atoms with Crippen molar-refractivity contribution in [1.82, 2.24) is 41.0 Å². The number of aromatic nitrogens is 2. The molecular weight excluding hydrogens is 1160 g/mol. The molecule has 1 aromatic heterocycles. The lowest BCUT2D eigenvalue weighted by Gasteiger charge is -2.35. The van der Waals surface area contributed by atoms with Crippen molar-refractivity contribution in [3.63, 3.8) is 0 Å². The Morgan fingerprint density at radius 2 is 1.42 bits per heavy atom. The molecule has 1 heterocycles. The van der Waals surface area contributed by atoms with E-state index in [0.29, 0.717) is 51.4 Å². The number of anilines is 1. The second-order valence-electron chi connectivity index (χ2n) is 24.0. The van der Waals surface area contributed by atoms with Crippen molar-refractivity contribution in [3.8, 4) is 0 Å². The van der Waals surface area contributed by atoms with Gasteiger partial charge in [-0.1, -0.05) is 120 Å². The number of carbonyl (C=O) groups is 7. The van der Waals surface area contributed by atoms with Crippen LogP contribution in [0.4, 0.5) is 20.1 Å². The molecule has 0 bridgehead atoms. The highest BCUT2D eigenvalue weighted by molar-refractivity contribution is 6.31. The Hall–Kier alpha value is -8.12. The minimum absolute atomic E-state index is 0.0722. The van der Waals surface area contributed by atoms with Crippen LogP contribution in [0.15, 0.2) is 102 Å². The van der Waals surface area contributed by atoms with Crippen LogP contribution in [0.1, 0.15) is 133 Å². The quantitative estimate of drug-likeness (QED) is 0.0145. The summed E-state index contributed by atoms with van der Waals surface area (Å²) in [5.41, 5.74) is 8.47. The first kappa shape index (κ1) is 71.6. The van der Waals surface area contributed by atoms with Gasteiger partial charge < -0.3 is 66.6 Å². The molecule has 8 amide bonds. The predicted molar refractivity (Wildman–Crippen MR) is 340 cm³/mol. The first-order valence-electron chi connectivity index (χ1n) is 30.1. The van der Waals surface area contributed by atoms with Crippen LogP contribution in [-0.4, -0.2) is 131 Å². The number of hydrogen-bond donors (Lipinski definition) is 8. The zero-order chi connectivity index (χ0) is 65.4. The second-order valence-corrected chi connectivity index (χ2v) is 24.4. The van der Waals surface area contributed by atoms with Gasteiger partial charge in [0.05, 0.1) is 42.3 Å². The van der Waals surface area contributed by atoms with Crippen LogP contribution in [0.25, 0.3) is 10.9 Å². The molecule has 5 aromatic rings. The number of nitrogens with two attached hydrogens (primary N) is 1. The van der Waals surface area contributed by atoms with Gasteiger partial charge in [0, 0.05) is 48.9 Å². The maximum absolute atomic E-state index is 14.7. The van der Waals surface area contributed by atoms with E-state index < -0.39 is 72.4 Å². The Morgan fingerprint density at radius 3 is 2.04 bits per heavy atom. The lowest BCUT2D eigenvalue weighted by molar-refractivity contribution is -0.213. The summed E-state index contributed by atoms with van der Waals surface area (Å²) in [6, 6.07) is 24.5. The molecule has 484 valence electrons. The third-order valence-corrected chi connectivity index (χ3v) is 14.2. The van der Waals surface area contributed by atoms with Crippen molar-refractivity contribution in [3.05, 3.63) is 141 Å². The van der Waals surface area contributed by atoms with Crippen LogP contribution in [-0.2, 0) is 46.5 Å². The Bertz CT molecular complexity index is 3190. The summed E-state index contributed by atoms with van der Waals surface area (Å²) in [4.78, 5) is 114. The molecule has 23 nitrogen and oxygen atoms in total. The number of rotatable bonds is 33. The van der Waals surface area contributed by atoms with E-state index in [9.17, 15) is 43.5 Å². The number of nitrogens with one attached hydrogen (secondary N) is 6. The molecule has 0 spiro atoms. The van der Waals surface area contributed by atoms with Gasteiger partial charge >= 0.3 is 18.2 Å². The fraction of sp³-hybridized carbons (Fsp3) is 0.492. The fourth-order valence-corrected chi connectivity index (χ4v) is 9.87. The van der Waals surface area contributed by atoms with E-state index in [-0.39, 0.29) is 101 Å². The van der Waals surface area contributed by atoms with E-state index in [0.717, 1.165) is 11.1 Å². The number of hydrogen-bond acceptors (Lipinski definition) is 14. The number of amides is 8. The number of nitrogens with zero attached hydrogens (tertiary/aromatic N) is 3. The van der Waals surface area contributed by atoms with E-state index in [1.54, 1.807) is 91.8 Å². The summed E-state index contributed by atoms with van der Waals surface area (Å²) < 4.78 is 24.1. The van der Waals surface area contributed by atoms with Gasteiger partial charge in [0.15, 0.2) is 6.29 Å². The van der Waals surface area contributed by atoms with Crippen molar-refractivity contribution >= 4 is 70.0 Å². The Labute approximate surface area is 525 Å². The topological polar surface area (TPSA) is 313 Å². The molecule has 0 saturated heterocycles. The number of aryl methyl sites for hydroxylation is 1. The average molecular weight is 1250 g/mol. The number of fused-ring (bicyclic) bond motifs is 1. The Morgan fingerprint density at radius 1 is 0.753 bits per heavy atom. The molecule has 0 radical (unpaired) electrons. The maximum Gasteiger partial charge on any atom is 0.407 e. The van der Waals surface area contributed by atoms with Crippen LogP contribution in [0.3, 0.4) is 0 Å². The van der Waals surface area contributed by atoms with Gasteiger partial charge in [-0.3, -0.25) is 28.5 Å². The number of primary amides is 1. The minimum Gasteiger partial charge on any atom is -0.445 e. The van der Waals surface area contributed by atoms with E-state index >= 15 is 0 Å². The number of ether oxygens (including phenoxy) is 4. The van der Waals surface area contributed by atoms with Gasteiger partial charge in [0.25, 0.3) is 11.5 Å². The summed E-state index contributed by atoms with van der Waals surface area (Å²) in [7, 11) is 0.